The first-order chi connectivity index (χ1) is 14.4. The molecule has 0 aliphatic carbocycles. The number of carbonyl (C=O) groups is 1. The average Bonchev–Trinajstić information content (AvgIpc) is 3.33. The highest BCUT2D eigenvalue weighted by Crippen LogP contribution is 2.28. The molecule has 1 aliphatic rings. The molecular formula is C21H24FN5O2S. The molecule has 3 aromatic rings. The number of thiazole rings is 1. The molecule has 158 valence electrons. The number of amides is 1. The third-order valence-corrected chi connectivity index (χ3v) is 6.20. The number of hydrogen-bond acceptors (Lipinski definition) is 7. The molecule has 1 aliphatic heterocycles. The lowest BCUT2D eigenvalue weighted by atomic mass is 10.1. The Bertz CT molecular complexity index is 1070. The number of aromatic nitrogens is 3. The van der Waals surface area contributed by atoms with E-state index in [0.717, 1.165) is 17.0 Å². The van der Waals surface area contributed by atoms with Gasteiger partial charge in [0, 0.05) is 26.1 Å². The number of aryl methyl sites for hydroxylation is 1. The highest BCUT2D eigenvalue weighted by molar-refractivity contribution is 7.18. The Balaban J connectivity index is 1.63. The van der Waals surface area contributed by atoms with Crippen LogP contribution in [0, 0.1) is 18.7 Å². The van der Waals surface area contributed by atoms with Crippen molar-refractivity contribution in [2.75, 3.05) is 32.1 Å². The van der Waals surface area contributed by atoms with Crippen LogP contribution in [0.25, 0.3) is 10.3 Å². The van der Waals surface area contributed by atoms with E-state index in [-0.39, 0.29) is 17.8 Å². The molecule has 2 aromatic heterocycles. The minimum Gasteiger partial charge on any atom is -0.384 e. The highest BCUT2D eigenvalue weighted by Gasteiger charge is 2.30. The van der Waals surface area contributed by atoms with E-state index in [0.29, 0.717) is 47.6 Å². The topological polar surface area (TPSA) is 80.2 Å². The van der Waals surface area contributed by atoms with Gasteiger partial charge in [-0.15, -0.1) is 11.3 Å². The zero-order chi connectivity index (χ0) is 21.3. The summed E-state index contributed by atoms with van der Waals surface area (Å²) in [7, 11) is 1.68. The first-order valence-corrected chi connectivity index (χ1v) is 10.7. The molecule has 0 bridgehead atoms. The monoisotopic (exact) mass is 429 g/mol. The number of benzene rings is 1. The van der Waals surface area contributed by atoms with Crippen LogP contribution in [0.15, 0.2) is 24.3 Å². The van der Waals surface area contributed by atoms with Gasteiger partial charge in [-0.25, -0.2) is 14.4 Å². The number of halogens is 1. The van der Waals surface area contributed by atoms with Crippen molar-refractivity contribution in [3.05, 3.63) is 46.3 Å². The summed E-state index contributed by atoms with van der Waals surface area (Å²) in [6, 6.07) is 6.13. The molecule has 1 fully saturated rings. The Kier molecular flexibility index (Phi) is 5.92. The number of hydrogen-bond donors (Lipinski definition) is 1. The number of ether oxygens (including phenoxy) is 1. The normalized spacial score (nSPS) is 17.5. The lowest BCUT2D eigenvalue weighted by Crippen LogP contribution is -2.30. The molecule has 4 rings (SSSR count). The number of fused-ring (bicyclic) bond motifs is 1. The van der Waals surface area contributed by atoms with Crippen LogP contribution in [0.3, 0.4) is 0 Å². The summed E-state index contributed by atoms with van der Waals surface area (Å²) in [4.78, 5) is 28.6. The lowest BCUT2D eigenvalue weighted by Gasteiger charge is -2.18. The van der Waals surface area contributed by atoms with E-state index in [1.165, 1.54) is 23.5 Å². The van der Waals surface area contributed by atoms with Gasteiger partial charge in [-0.2, -0.15) is 4.98 Å². The number of carbonyl (C=O) groups excluding carboxylic acids is 1. The highest BCUT2D eigenvalue weighted by atomic mass is 32.1. The van der Waals surface area contributed by atoms with E-state index in [4.69, 9.17) is 4.74 Å². The van der Waals surface area contributed by atoms with Crippen molar-refractivity contribution in [1.82, 2.24) is 19.9 Å². The fourth-order valence-electron chi connectivity index (χ4n) is 3.73. The summed E-state index contributed by atoms with van der Waals surface area (Å²) < 4.78 is 19.5. The Morgan fingerprint density at radius 3 is 3.00 bits per heavy atom. The Morgan fingerprint density at radius 2 is 2.23 bits per heavy atom. The van der Waals surface area contributed by atoms with E-state index < -0.39 is 0 Å². The van der Waals surface area contributed by atoms with E-state index in [1.807, 2.05) is 24.8 Å². The summed E-state index contributed by atoms with van der Waals surface area (Å²) in [6.07, 6.45) is 0.914. The number of nitrogens with zero attached hydrogens (tertiary/aromatic N) is 4. The minimum atomic E-state index is -0.303. The second kappa shape index (κ2) is 8.61. The fourth-order valence-corrected chi connectivity index (χ4v) is 4.57. The quantitative estimate of drug-likeness (QED) is 0.642. The molecule has 9 heteroatoms. The van der Waals surface area contributed by atoms with E-state index in [9.17, 15) is 9.18 Å². The van der Waals surface area contributed by atoms with E-state index >= 15 is 0 Å². The van der Waals surface area contributed by atoms with Crippen molar-refractivity contribution in [3.63, 3.8) is 0 Å². The van der Waals surface area contributed by atoms with Crippen molar-refractivity contribution in [2.24, 2.45) is 5.92 Å². The number of rotatable bonds is 6. The lowest BCUT2D eigenvalue weighted by molar-refractivity contribution is 0.0772. The molecule has 1 amide bonds. The molecular weight excluding hydrogens is 405 g/mol. The van der Waals surface area contributed by atoms with Crippen molar-refractivity contribution in [3.8, 4) is 0 Å². The van der Waals surface area contributed by atoms with Crippen LogP contribution >= 0.6 is 11.3 Å². The largest absolute Gasteiger partial charge is 0.384 e. The second-order valence-corrected chi connectivity index (χ2v) is 8.77. The second-order valence-electron chi connectivity index (χ2n) is 7.56. The van der Waals surface area contributed by atoms with Crippen LogP contribution in [0.1, 0.15) is 40.4 Å². The van der Waals surface area contributed by atoms with Crippen LogP contribution in [0.5, 0.6) is 0 Å². The van der Waals surface area contributed by atoms with Crippen molar-refractivity contribution in [1.29, 1.82) is 0 Å². The number of nitrogens with one attached hydrogen (secondary N) is 1. The zero-order valence-corrected chi connectivity index (χ0v) is 18.0. The van der Waals surface area contributed by atoms with Gasteiger partial charge in [0.15, 0.2) is 11.3 Å². The SMILES string of the molecule is COC[C@H]1CCN(C(=O)c2nc(N[C@@H](C)c3cccc(F)c3)nc3nc(C)sc23)C1. The molecule has 0 unspecified atom stereocenters. The Hall–Kier alpha value is -2.65. The summed E-state index contributed by atoms with van der Waals surface area (Å²) in [5, 5.41) is 4.01. The maximum absolute atomic E-state index is 13.6. The molecule has 3 heterocycles. The van der Waals surface area contributed by atoms with Crippen LogP contribution < -0.4 is 5.32 Å². The van der Waals surface area contributed by atoms with E-state index in [2.05, 4.69) is 20.3 Å². The van der Waals surface area contributed by atoms with Crippen LogP contribution in [-0.2, 0) is 4.74 Å². The molecule has 0 radical (unpaired) electrons. The van der Waals surface area contributed by atoms with Gasteiger partial charge in [0.2, 0.25) is 5.95 Å². The van der Waals surface area contributed by atoms with Gasteiger partial charge < -0.3 is 15.0 Å². The van der Waals surface area contributed by atoms with Gasteiger partial charge in [0.25, 0.3) is 5.91 Å². The number of anilines is 1. The maximum Gasteiger partial charge on any atom is 0.274 e. The fraction of sp³-hybridized carbons (Fsp3) is 0.429. The molecule has 0 spiro atoms. The third-order valence-electron chi connectivity index (χ3n) is 5.23. The summed E-state index contributed by atoms with van der Waals surface area (Å²) in [6.45, 7) is 5.75. The molecule has 1 saturated heterocycles. The van der Waals surface area contributed by atoms with Gasteiger partial charge >= 0.3 is 0 Å². The van der Waals surface area contributed by atoms with Crippen LogP contribution in [0.4, 0.5) is 10.3 Å². The van der Waals surface area contributed by atoms with Crippen molar-refractivity contribution in [2.45, 2.75) is 26.3 Å². The van der Waals surface area contributed by atoms with Crippen LogP contribution in [0.2, 0.25) is 0 Å². The van der Waals surface area contributed by atoms with Crippen molar-refractivity contribution >= 4 is 33.5 Å². The van der Waals surface area contributed by atoms with Crippen molar-refractivity contribution < 1.29 is 13.9 Å². The predicted molar refractivity (Wildman–Crippen MR) is 114 cm³/mol. The Labute approximate surface area is 178 Å². The Morgan fingerprint density at radius 1 is 1.40 bits per heavy atom. The van der Waals surface area contributed by atoms with Crippen LogP contribution in [-0.4, -0.2) is 52.6 Å². The number of likely N-dealkylation sites (tertiary alicyclic amines) is 1. The van der Waals surface area contributed by atoms with E-state index in [1.54, 1.807) is 13.2 Å². The minimum absolute atomic E-state index is 0.119. The summed E-state index contributed by atoms with van der Waals surface area (Å²) in [5.41, 5.74) is 1.62. The molecule has 7 nitrogen and oxygen atoms in total. The molecule has 1 N–H and O–H groups in total. The van der Waals surface area contributed by atoms with Gasteiger partial charge in [-0.3, -0.25) is 4.79 Å². The third kappa shape index (κ3) is 4.27. The summed E-state index contributed by atoms with van der Waals surface area (Å²) in [5.74, 6) is 0.222. The average molecular weight is 430 g/mol. The van der Waals surface area contributed by atoms with Gasteiger partial charge in [0.1, 0.15) is 10.5 Å². The first-order valence-electron chi connectivity index (χ1n) is 9.90. The molecule has 1 aromatic carbocycles. The molecule has 30 heavy (non-hydrogen) atoms. The number of methoxy groups -OCH3 is 1. The van der Waals surface area contributed by atoms with Gasteiger partial charge in [-0.1, -0.05) is 12.1 Å². The maximum atomic E-state index is 13.6. The zero-order valence-electron chi connectivity index (χ0n) is 17.2. The summed E-state index contributed by atoms with van der Waals surface area (Å²) >= 11 is 1.42. The molecule has 0 saturated carbocycles. The predicted octanol–water partition coefficient (Wildman–Crippen LogP) is 3.82. The molecule has 2 atom stereocenters. The first kappa shape index (κ1) is 20.6. The smallest absolute Gasteiger partial charge is 0.274 e. The standard InChI is InChI=1S/C21H24FN5O2S/c1-12(15-5-4-6-16(22)9-15)23-21-25-17(18-19(26-21)24-13(2)30-18)20(28)27-8-7-14(10-27)11-29-3/h4-6,9,12,14H,7-8,10-11H2,1-3H3,(H,23,25,26)/t12-,14-/m0/s1. The van der Waals surface area contributed by atoms with Gasteiger partial charge in [-0.05, 0) is 38.0 Å². The van der Waals surface area contributed by atoms with Gasteiger partial charge in [0.05, 0.1) is 17.7 Å².